The molecule has 0 bridgehead atoms. The van der Waals surface area contributed by atoms with Crippen molar-refractivity contribution in [2.75, 3.05) is 5.32 Å². The van der Waals surface area contributed by atoms with Crippen molar-refractivity contribution in [1.29, 1.82) is 0 Å². The summed E-state index contributed by atoms with van der Waals surface area (Å²) < 4.78 is 23.8. The van der Waals surface area contributed by atoms with Crippen molar-refractivity contribution in [3.63, 3.8) is 0 Å². The molecule has 0 radical (unpaired) electrons. The molecule has 2 rings (SSSR count). The Morgan fingerprint density at radius 1 is 1.27 bits per heavy atom. The fourth-order valence-electron chi connectivity index (χ4n) is 1.82. The van der Waals surface area contributed by atoms with E-state index in [1.807, 2.05) is 19.2 Å². The Morgan fingerprint density at radius 2 is 1.95 bits per heavy atom. The lowest BCUT2D eigenvalue weighted by molar-refractivity contribution is 0.556. The van der Waals surface area contributed by atoms with Crippen LogP contribution in [0.1, 0.15) is 44.4 Å². The Kier molecular flexibility index (Phi) is 4.58. The van der Waals surface area contributed by atoms with Gasteiger partial charge in [-0.1, -0.05) is 0 Å². The second-order valence-corrected chi connectivity index (χ2v) is 9.73. The SMILES string of the molecule is Cc1csc(C(C)Nc2ccc(S(=O)(=O)C(C)(C)C)nc2)n1. The van der Waals surface area contributed by atoms with Gasteiger partial charge in [0.15, 0.2) is 14.9 Å². The van der Waals surface area contributed by atoms with E-state index in [4.69, 9.17) is 0 Å². The van der Waals surface area contributed by atoms with Crippen molar-refractivity contribution >= 4 is 26.9 Å². The average Bonchev–Trinajstić information content (AvgIpc) is 2.85. The highest BCUT2D eigenvalue weighted by Gasteiger charge is 2.31. The molecule has 120 valence electrons. The molecule has 1 unspecified atom stereocenters. The molecular formula is C15H21N3O2S2. The zero-order chi connectivity index (χ0) is 16.5. The number of hydrogen-bond donors (Lipinski definition) is 1. The van der Waals surface area contributed by atoms with Crippen molar-refractivity contribution in [3.8, 4) is 0 Å². The molecule has 2 aromatic rings. The van der Waals surface area contributed by atoms with Crippen molar-refractivity contribution in [1.82, 2.24) is 9.97 Å². The van der Waals surface area contributed by atoms with Crippen molar-refractivity contribution in [2.24, 2.45) is 0 Å². The molecule has 1 N–H and O–H groups in total. The van der Waals surface area contributed by atoms with E-state index in [1.54, 1.807) is 50.4 Å². The number of nitrogens with one attached hydrogen (secondary N) is 1. The van der Waals surface area contributed by atoms with Gasteiger partial charge in [0.05, 0.1) is 22.7 Å². The minimum atomic E-state index is -3.42. The smallest absolute Gasteiger partial charge is 0.200 e. The molecule has 5 nitrogen and oxygen atoms in total. The van der Waals surface area contributed by atoms with E-state index in [0.29, 0.717) is 0 Å². The molecule has 1 atom stereocenters. The fraction of sp³-hybridized carbons (Fsp3) is 0.467. The Balaban J connectivity index is 2.16. The van der Waals surface area contributed by atoms with Crippen LogP contribution in [0.15, 0.2) is 28.7 Å². The first kappa shape index (κ1) is 16.9. The summed E-state index contributed by atoms with van der Waals surface area (Å²) in [4.78, 5) is 8.54. The first-order chi connectivity index (χ1) is 10.1. The highest BCUT2D eigenvalue weighted by Crippen LogP contribution is 2.25. The third kappa shape index (κ3) is 3.47. The number of aryl methyl sites for hydroxylation is 1. The molecule has 0 aliphatic heterocycles. The number of pyridine rings is 1. The zero-order valence-corrected chi connectivity index (χ0v) is 15.0. The van der Waals surface area contributed by atoms with E-state index in [-0.39, 0.29) is 11.1 Å². The summed E-state index contributed by atoms with van der Waals surface area (Å²) >= 11 is 1.60. The molecule has 0 fully saturated rings. The maximum Gasteiger partial charge on any atom is 0.200 e. The fourth-order valence-corrected chi connectivity index (χ4v) is 3.69. The molecule has 22 heavy (non-hydrogen) atoms. The molecule has 0 amide bonds. The predicted molar refractivity (Wildman–Crippen MR) is 90.1 cm³/mol. The van der Waals surface area contributed by atoms with E-state index in [0.717, 1.165) is 16.4 Å². The molecule has 0 aliphatic carbocycles. The van der Waals surface area contributed by atoms with Crippen LogP contribution in [0.25, 0.3) is 0 Å². The van der Waals surface area contributed by atoms with Gasteiger partial charge in [0, 0.05) is 11.1 Å². The molecule has 2 heterocycles. The van der Waals surface area contributed by atoms with Crippen molar-refractivity contribution in [3.05, 3.63) is 34.4 Å². The molecule has 0 aromatic carbocycles. The van der Waals surface area contributed by atoms with Crippen LogP contribution in [-0.2, 0) is 9.84 Å². The highest BCUT2D eigenvalue weighted by molar-refractivity contribution is 7.92. The Labute approximate surface area is 135 Å². The van der Waals surface area contributed by atoms with Crippen LogP contribution < -0.4 is 5.32 Å². The summed E-state index contributed by atoms with van der Waals surface area (Å²) in [5, 5.41) is 6.37. The minimum absolute atomic E-state index is 0.0468. The minimum Gasteiger partial charge on any atom is -0.375 e. The Bertz CT molecular complexity index is 744. The van der Waals surface area contributed by atoms with E-state index in [2.05, 4.69) is 15.3 Å². The average molecular weight is 339 g/mol. The summed E-state index contributed by atoms with van der Waals surface area (Å²) in [5.41, 5.74) is 1.77. The van der Waals surface area contributed by atoms with E-state index < -0.39 is 14.6 Å². The first-order valence-electron chi connectivity index (χ1n) is 7.00. The lowest BCUT2D eigenvalue weighted by Gasteiger charge is -2.19. The van der Waals surface area contributed by atoms with E-state index >= 15 is 0 Å². The molecule has 0 spiro atoms. The zero-order valence-electron chi connectivity index (χ0n) is 13.4. The second kappa shape index (κ2) is 5.96. The van der Waals surface area contributed by atoms with Gasteiger partial charge < -0.3 is 5.32 Å². The number of aromatic nitrogens is 2. The number of rotatable bonds is 4. The van der Waals surface area contributed by atoms with Gasteiger partial charge in [0.25, 0.3) is 0 Å². The van der Waals surface area contributed by atoms with Gasteiger partial charge in [-0.05, 0) is 46.8 Å². The van der Waals surface area contributed by atoms with Crippen LogP contribution in [-0.4, -0.2) is 23.1 Å². The van der Waals surface area contributed by atoms with Gasteiger partial charge in [-0.15, -0.1) is 11.3 Å². The van der Waals surface area contributed by atoms with Crippen LogP contribution >= 0.6 is 11.3 Å². The van der Waals surface area contributed by atoms with Crippen LogP contribution in [0.3, 0.4) is 0 Å². The maximum absolute atomic E-state index is 12.3. The largest absolute Gasteiger partial charge is 0.375 e. The molecule has 0 saturated carbocycles. The van der Waals surface area contributed by atoms with Crippen LogP contribution in [0.2, 0.25) is 0 Å². The van der Waals surface area contributed by atoms with Crippen LogP contribution in [0.5, 0.6) is 0 Å². The third-order valence-electron chi connectivity index (χ3n) is 3.21. The first-order valence-corrected chi connectivity index (χ1v) is 9.37. The maximum atomic E-state index is 12.3. The van der Waals surface area contributed by atoms with Crippen molar-refractivity contribution < 1.29 is 8.42 Å². The van der Waals surface area contributed by atoms with Crippen LogP contribution in [0, 0.1) is 6.92 Å². The summed E-state index contributed by atoms with van der Waals surface area (Å²) in [7, 11) is -3.42. The topological polar surface area (TPSA) is 72.0 Å². The quantitative estimate of drug-likeness (QED) is 0.921. The van der Waals surface area contributed by atoms with E-state index in [9.17, 15) is 8.42 Å². The third-order valence-corrected chi connectivity index (χ3v) is 6.76. The molecule has 0 aliphatic rings. The number of hydrogen-bond acceptors (Lipinski definition) is 6. The van der Waals surface area contributed by atoms with Gasteiger partial charge in [0.2, 0.25) is 0 Å². The Hall–Kier alpha value is -1.47. The van der Waals surface area contributed by atoms with Gasteiger partial charge in [0.1, 0.15) is 5.01 Å². The standard InChI is InChI=1S/C15H21N3O2S2/c1-10-9-21-14(17-10)11(2)18-12-6-7-13(16-8-12)22(19,20)15(3,4)5/h6-9,11,18H,1-5H3. The second-order valence-electron chi connectivity index (χ2n) is 6.19. The monoisotopic (exact) mass is 339 g/mol. The lowest BCUT2D eigenvalue weighted by atomic mass is 10.3. The van der Waals surface area contributed by atoms with Gasteiger partial charge in [-0.2, -0.15) is 0 Å². The Morgan fingerprint density at radius 3 is 2.41 bits per heavy atom. The number of sulfone groups is 1. The lowest BCUT2D eigenvalue weighted by Crippen LogP contribution is -2.28. The number of nitrogens with zero attached hydrogens (tertiary/aromatic N) is 2. The summed E-state index contributed by atoms with van der Waals surface area (Å²) in [5.74, 6) is 0. The molecule has 2 aromatic heterocycles. The molecule has 7 heteroatoms. The molecule has 0 saturated heterocycles. The summed E-state index contributed by atoms with van der Waals surface area (Å²) in [6.45, 7) is 8.98. The predicted octanol–water partition coefficient (Wildman–Crippen LogP) is 3.59. The highest BCUT2D eigenvalue weighted by atomic mass is 32.2. The van der Waals surface area contributed by atoms with Gasteiger partial charge in [-0.3, -0.25) is 0 Å². The molecular weight excluding hydrogens is 318 g/mol. The number of anilines is 1. The van der Waals surface area contributed by atoms with Gasteiger partial charge >= 0.3 is 0 Å². The number of thiazole rings is 1. The summed E-state index contributed by atoms with van der Waals surface area (Å²) in [6, 6.07) is 3.33. The van der Waals surface area contributed by atoms with Crippen molar-refractivity contribution in [2.45, 2.75) is 50.4 Å². The van der Waals surface area contributed by atoms with E-state index in [1.165, 1.54) is 0 Å². The van der Waals surface area contributed by atoms with Gasteiger partial charge in [-0.25, -0.2) is 18.4 Å². The summed E-state index contributed by atoms with van der Waals surface area (Å²) in [6.07, 6.45) is 1.55. The normalized spacial score (nSPS) is 13.9. The van der Waals surface area contributed by atoms with Crippen LogP contribution in [0.4, 0.5) is 5.69 Å².